The van der Waals surface area contributed by atoms with Crippen molar-refractivity contribution in [3.8, 4) is 11.1 Å². The molecule has 0 spiro atoms. The fourth-order valence-corrected chi connectivity index (χ4v) is 4.88. The maximum absolute atomic E-state index is 15.4. The molecule has 2 aromatic heterocycles. The van der Waals surface area contributed by atoms with Crippen molar-refractivity contribution in [2.75, 3.05) is 29.5 Å². The van der Waals surface area contributed by atoms with E-state index in [2.05, 4.69) is 10.1 Å². The summed E-state index contributed by atoms with van der Waals surface area (Å²) in [5.74, 6) is -3.49. The molecule has 1 saturated heterocycles. The van der Waals surface area contributed by atoms with Crippen molar-refractivity contribution in [2.24, 2.45) is 0 Å². The highest BCUT2D eigenvalue weighted by Crippen LogP contribution is 2.39. The van der Waals surface area contributed by atoms with Gasteiger partial charge in [0.05, 0.1) is 16.9 Å². The minimum absolute atomic E-state index is 0.0290. The van der Waals surface area contributed by atoms with Crippen molar-refractivity contribution in [1.82, 2.24) is 19.5 Å². The number of anilines is 3. The number of carboxylic acid groups (broad SMARTS) is 1. The second-order valence-corrected chi connectivity index (χ2v) is 9.52. The first-order valence-electron chi connectivity index (χ1n) is 12.4. The van der Waals surface area contributed by atoms with Gasteiger partial charge in [0.2, 0.25) is 0 Å². The lowest BCUT2D eigenvalue weighted by molar-refractivity contribution is -0.137. The first-order valence-corrected chi connectivity index (χ1v) is 12.4. The third-order valence-electron chi connectivity index (χ3n) is 6.93. The molecule has 0 unspecified atom stereocenters. The average molecular weight is 593 g/mol. The quantitative estimate of drug-likeness (QED) is 0.217. The summed E-state index contributed by atoms with van der Waals surface area (Å²) in [7, 11) is 0. The van der Waals surface area contributed by atoms with Gasteiger partial charge in [-0.05, 0) is 43.2 Å². The Hall–Kier alpha value is -5.02. The number of benzene rings is 2. The van der Waals surface area contributed by atoms with E-state index in [4.69, 9.17) is 5.73 Å². The van der Waals surface area contributed by atoms with Crippen LogP contribution < -0.4 is 16.4 Å². The lowest BCUT2D eigenvalue weighted by atomic mass is 9.93. The first kappa shape index (κ1) is 28.5. The highest BCUT2D eigenvalue weighted by atomic mass is 19.4. The first-order chi connectivity index (χ1) is 19.8. The number of likely N-dealkylation sites (tertiary alicyclic amines) is 1. The Kier molecular flexibility index (Phi) is 7.30. The zero-order chi connectivity index (χ0) is 30.3. The predicted molar refractivity (Wildman–Crippen MR) is 138 cm³/mol. The molecule has 0 radical (unpaired) electrons. The third kappa shape index (κ3) is 5.46. The van der Waals surface area contributed by atoms with E-state index in [9.17, 15) is 32.3 Å². The molecule has 0 saturated carbocycles. The fourth-order valence-electron chi connectivity index (χ4n) is 4.88. The van der Waals surface area contributed by atoms with E-state index in [1.165, 1.54) is 15.7 Å². The summed E-state index contributed by atoms with van der Waals surface area (Å²) < 4.78 is 84.8. The monoisotopic (exact) mass is 593 g/mol. The van der Waals surface area contributed by atoms with Gasteiger partial charge < -0.3 is 26.4 Å². The summed E-state index contributed by atoms with van der Waals surface area (Å²) in [5.41, 5.74) is 4.00. The van der Waals surface area contributed by atoms with Crippen LogP contribution in [-0.2, 0) is 6.18 Å². The topological polar surface area (TPSA) is 138 Å². The van der Waals surface area contributed by atoms with Gasteiger partial charge in [-0.3, -0.25) is 0 Å². The molecule has 5 rings (SSSR count). The molecule has 5 N–H and O–H groups in total. The number of nitrogen functional groups attached to an aromatic ring is 1. The van der Waals surface area contributed by atoms with Crippen molar-refractivity contribution >= 4 is 34.8 Å². The Morgan fingerprint density at radius 1 is 0.929 bits per heavy atom. The van der Waals surface area contributed by atoms with Crippen LogP contribution in [0.2, 0.25) is 0 Å². The summed E-state index contributed by atoms with van der Waals surface area (Å²) in [6.07, 6.45) is -3.76. The van der Waals surface area contributed by atoms with Gasteiger partial charge in [0.1, 0.15) is 29.3 Å². The van der Waals surface area contributed by atoms with E-state index in [-0.39, 0.29) is 41.5 Å². The van der Waals surface area contributed by atoms with Crippen molar-refractivity contribution in [3.63, 3.8) is 0 Å². The molecule has 0 atom stereocenters. The number of nitrogens with one attached hydrogen (secondary N) is 2. The smallest absolute Gasteiger partial charge is 0.416 e. The summed E-state index contributed by atoms with van der Waals surface area (Å²) >= 11 is 0. The van der Waals surface area contributed by atoms with Crippen LogP contribution in [-0.4, -0.2) is 49.8 Å². The largest absolute Gasteiger partial charge is 0.465 e. The number of urea groups is 1. The molecule has 16 heteroatoms. The van der Waals surface area contributed by atoms with E-state index in [0.717, 1.165) is 6.07 Å². The number of alkyl halides is 3. The number of carbonyl (C=O) groups is 2. The number of hydrogen-bond acceptors (Lipinski definition) is 5. The van der Waals surface area contributed by atoms with Crippen LogP contribution in [0.15, 0.2) is 42.7 Å². The number of piperidine rings is 1. The number of carbonyl (C=O) groups excluding carboxylic acids is 1. The summed E-state index contributed by atoms with van der Waals surface area (Å²) in [5, 5.41) is 17.3. The predicted octanol–water partition coefficient (Wildman–Crippen LogP) is 5.92. The molecule has 42 heavy (non-hydrogen) atoms. The summed E-state index contributed by atoms with van der Waals surface area (Å²) in [6, 6.07) is 3.05. The zero-order valence-corrected chi connectivity index (χ0v) is 21.3. The maximum Gasteiger partial charge on any atom is 0.416 e. The van der Waals surface area contributed by atoms with Crippen molar-refractivity contribution < 1.29 is 41.0 Å². The highest BCUT2D eigenvalue weighted by molar-refractivity contribution is 6.00. The maximum atomic E-state index is 15.4. The van der Waals surface area contributed by atoms with Crippen LogP contribution >= 0.6 is 0 Å². The van der Waals surface area contributed by atoms with Crippen LogP contribution in [0.3, 0.4) is 0 Å². The lowest BCUT2D eigenvalue weighted by Gasteiger charge is -2.29. The highest BCUT2D eigenvalue weighted by Gasteiger charge is 2.32. The standard InChI is InChI=1S/C26H21F6N7O3/c27-16-2-1-13(26(30,31)32)7-19(16)36-24(40)37-20-10-17(28)14(8-18(20)29)15-9-21(39-22(15)23(33)34-11-35-39)12-3-5-38(6-4-12)25(41)42/h1-2,7-12H,3-6H2,(H,41,42)(H2,33,34,35)(H2,36,37,40). The number of rotatable bonds is 4. The van der Waals surface area contributed by atoms with Crippen LogP contribution in [0, 0.1) is 17.5 Å². The minimum atomic E-state index is -4.81. The van der Waals surface area contributed by atoms with Crippen LogP contribution in [0.4, 0.5) is 53.1 Å². The van der Waals surface area contributed by atoms with E-state index in [1.54, 1.807) is 6.07 Å². The second-order valence-electron chi connectivity index (χ2n) is 9.52. The van der Waals surface area contributed by atoms with Crippen molar-refractivity contribution in [2.45, 2.75) is 24.9 Å². The lowest BCUT2D eigenvalue weighted by Crippen LogP contribution is -2.37. The van der Waals surface area contributed by atoms with Gasteiger partial charge in [-0.2, -0.15) is 18.3 Å². The molecule has 3 heterocycles. The fraction of sp³-hybridized carbons (Fsp3) is 0.231. The Bertz CT molecular complexity index is 1700. The molecule has 0 bridgehead atoms. The Balaban J connectivity index is 1.43. The van der Waals surface area contributed by atoms with Crippen molar-refractivity contribution in [1.29, 1.82) is 0 Å². The van der Waals surface area contributed by atoms with E-state index < -0.39 is 52.7 Å². The zero-order valence-electron chi connectivity index (χ0n) is 21.3. The number of amides is 3. The molecule has 10 nitrogen and oxygen atoms in total. The SMILES string of the molecule is Nc1ncnn2c(C3CCN(C(=O)O)CC3)cc(-c3cc(F)c(NC(=O)Nc4cc(C(F)(F)F)ccc4F)cc3F)c12. The molecule has 0 aliphatic carbocycles. The molecule has 1 aliphatic heterocycles. The third-order valence-corrected chi connectivity index (χ3v) is 6.93. The number of fused-ring (bicyclic) bond motifs is 1. The van der Waals surface area contributed by atoms with Crippen LogP contribution in [0.1, 0.15) is 30.0 Å². The van der Waals surface area contributed by atoms with Crippen molar-refractivity contribution in [3.05, 3.63) is 71.4 Å². The Labute approximate surface area is 232 Å². The van der Waals surface area contributed by atoms with E-state index >= 15 is 8.78 Å². The number of nitrogens with two attached hydrogens (primary N) is 1. The van der Waals surface area contributed by atoms with Crippen LogP contribution in [0.5, 0.6) is 0 Å². The Morgan fingerprint density at radius 3 is 2.24 bits per heavy atom. The molecule has 3 amide bonds. The van der Waals surface area contributed by atoms with Gasteiger partial charge >= 0.3 is 18.3 Å². The van der Waals surface area contributed by atoms with Gasteiger partial charge in [0.25, 0.3) is 0 Å². The second kappa shape index (κ2) is 10.8. The van der Waals surface area contributed by atoms with E-state index in [0.29, 0.717) is 42.8 Å². The number of halogens is 6. The number of aromatic nitrogens is 3. The molecular formula is C26H21F6N7O3. The van der Waals surface area contributed by atoms with E-state index in [1.807, 2.05) is 10.6 Å². The minimum Gasteiger partial charge on any atom is -0.465 e. The van der Waals surface area contributed by atoms with Gasteiger partial charge in [-0.15, -0.1) is 0 Å². The molecule has 2 aromatic carbocycles. The average Bonchev–Trinajstić information content (AvgIpc) is 3.32. The molecule has 1 fully saturated rings. The number of nitrogens with zero attached hydrogens (tertiary/aromatic N) is 4. The Morgan fingerprint density at radius 2 is 1.60 bits per heavy atom. The molecule has 4 aromatic rings. The summed E-state index contributed by atoms with van der Waals surface area (Å²) in [4.78, 5) is 28.8. The van der Waals surface area contributed by atoms with Gasteiger partial charge in [0.15, 0.2) is 5.82 Å². The molecule has 1 aliphatic rings. The van der Waals surface area contributed by atoms with Gasteiger partial charge in [-0.1, -0.05) is 0 Å². The van der Waals surface area contributed by atoms with Gasteiger partial charge in [-0.25, -0.2) is 32.3 Å². The van der Waals surface area contributed by atoms with Crippen LogP contribution in [0.25, 0.3) is 16.6 Å². The molecule has 220 valence electrons. The van der Waals surface area contributed by atoms with Gasteiger partial charge in [0, 0.05) is 41.9 Å². The molecular weight excluding hydrogens is 572 g/mol. The number of hydrogen-bond donors (Lipinski definition) is 4. The summed E-state index contributed by atoms with van der Waals surface area (Å²) in [6.45, 7) is 0.526. The normalized spacial score (nSPS) is 14.3.